The normalized spacial score (nSPS) is 15.9. The van der Waals surface area contributed by atoms with E-state index in [9.17, 15) is 9.59 Å². The number of piperidine rings is 1. The molecule has 8 heteroatoms. The number of ether oxygens (including phenoxy) is 1. The fraction of sp³-hybridized carbons (Fsp3) is 0.400. The van der Waals surface area contributed by atoms with Crippen LogP contribution in [0.2, 0.25) is 10.0 Å². The second kappa shape index (κ2) is 8.88. The number of hydrogen-bond acceptors (Lipinski definition) is 4. The first-order chi connectivity index (χ1) is 13.3. The van der Waals surface area contributed by atoms with E-state index in [2.05, 4.69) is 5.32 Å². The third-order valence-corrected chi connectivity index (χ3v) is 5.29. The van der Waals surface area contributed by atoms with E-state index in [1.807, 2.05) is 6.92 Å². The highest BCUT2D eigenvalue weighted by Gasteiger charge is 2.28. The van der Waals surface area contributed by atoms with Crippen LogP contribution in [0.1, 0.15) is 35.9 Å². The molecule has 0 bridgehead atoms. The molecule has 1 aromatic heterocycles. The van der Waals surface area contributed by atoms with Gasteiger partial charge in [-0.25, -0.2) is 0 Å². The van der Waals surface area contributed by atoms with Gasteiger partial charge in [0.25, 0.3) is 11.8 Å². The molecule has 1 aliphatic rings. The summed E-state index contributed by atoms with van der Waals surface area (Å²) in [7, 11) is 0. The van der Waals surface area contributed by atoms with Gasteiger partial charge in [-0.15, -0.1) is 0 Å². The molecule has 0 aliphatic carbocycles. The van der Waals surface area contributed by atoms with Crippen molar-refractivity contribution in [1.82, 2.24) is 10.2 Å². The Morgan fingerprint density at radius 1 is 1.25 bits per heavy atom. The summed E-state index contributed by atoms with van der Waals surface area (Å²) in [6, 6.07) is 6.64. The molecule has 2 heterocycles. The summed E-state index contributed by atoms with van der Waals surface area (Å²) < 4.78 is 10.9. The molecule has 1 aliphatic heterocycles. The minimum absolute atomic E-state index is 0.00276. The van der Waals surface area contributed by atoms with Gasteiger partial charge in [0.15, 0.2) is 11.9 Å². The van der Waals surface area contributed by atoms with E-state index in [1.165, 1.54) is 6.26 Å². The SMILES string of the molecule is Cc1ccoc1C(=O)NC1CCN(C(=O)C(C)Oc2ccc(Cl)cc2Cl)CC1. The summed E-state index contributed by atoms with van der Waals surface area (Å²) >= 11 is 12.0. The highest BCUT2D eigenvalue weighted by atomic mass is 35.5. The predicted octanol–water partition coefficient (Wildman–Crippen LogP) is 4.08. The molecule has 150 valence electrons. The molecule has 0 spiro atoms. The van der Waals surface area contributed by atoms with Crippen molar-refractivity contribution in [2.45, 2.75) is 38.8 Å². The molecule has 1 N–H and O–H groups in total. The summed E-state index contributed by atoms with van der Waals surface area (Å²) in [5.41, 5.74) is 0.803. The minimum atomic E-state index is -0.671. The third-order valence-electron chi connectivity index (χ3n) is 4.76. The molecule has 6 nitrogen and oxygen atoms in total. The van der Waals surface area contributed by atoms with Crippen LogP contribution in [0.5, 0.6) is 5.75 Å². The lowest BCUT2D eigenvalue weighted by molar-refractivity contribution is -0.139. The van der Waals surface area contributed by atoms with Gasteiger partial charge in [-0.2, -0.15) is 0 Å². The van der Waals surface area contributed by atoms with Crippen molar-refractivity contribution in [2.24, 2.45) is 0 Å². The standard InChI is InChI=1S/C20H22Cl2N2O4/c1-12-7-10-27-18(12)19(25)23-15-5-8-24(9-6-15)20(26)13(2)28-17-4-3-14(21)11-16(17)22/h3-4,7,10-11,13,15H,5-6,8-9H2,1-2H3,(H,23,25). The first-order valence-corrected chi connectivity index (χ1v) is 9.86. The van der Waals surface area contributed by atoms with Crippen LogP contribution in [0, 0.1) is 6.92 Å². The monoisotopic (exact) mass is 424 g/mol. The van der Waals surface area contributed by atoms with Crippen LogP contribution in [0.4, 0.5) is 0 Å². The van der Waals surface area contributed by atoms with Crippen molar-refractivity contribution in [1.29, 1.82) is 0 Å². The molecule has 1 atom stereocenters. The van der Waals surface area contributed by atoms with E-state index >= 15 is 0 Å². The van der Waals surface area contributed by atoms with Gasteiger partial charge in [-0.3, -0.25) is 9.59 Å². The molecule has 1 unspecified atom stereocenters. The fourth-order valence-corrected chi connectivity index (χ4v) is 3.62. The topological polar surface area (TPSA) is 71.8 Å². The van der Waals surface area contributed by atoms with Gasteiger partial charge in [-0.1, -0.05) is 23.2 Å². The van der Waals surface area contributed by atoms with Gasteiger partial charge < -0.3 is 19.4 Å². The Kier molecular flexibility index (Phi) is 6.52. The van der Waals surface area contributed by atoms with Crippen LogP contribution in [-0.2, 0) is 4.79 Å². The molecule has 2 amide bonds. The molecular weight excluding hydrogens is 403 g/mol. The number of hydrogen-bond donors (Lipinski definition) is 1. The van der Waals surface area contributed by atoms with E-state index < -0.39 is 6.10 Å². The van der Waals surface area contributed by atoms with Crippen LogP contribution in [0.3, 0.4) is 0 Å². The number of aryl methyl sites for hydroxylation is 1. The number of rotatable bonds is 5. The third kappa shape index (κ3) is 4.80. The van der Waals surface area contributed by atoms with E-state index in [-0.39, 0.29) is 17.9 Å². The second-order valence-electron chi connectivity index (χ2n) is 6.84. The van der Waals surface area contributed by atoms with Crippen molar-refractivity contribution in [2.75, 3.05) is 13.1 Å². The minimum Gasteiger partial charge on any atom is -0.479 e. The molecule has 0 radical (unpaired) electrons. The maximum atomic E-state index is 12.7. The summed E-state index contributed by atoms with van der Waals surface area (Å²) in [6.45, 7) is 4.61. The fourth-order valence-electron chi connectivity index (χ4n) is 3.17. The summed E-state index contributed by atoms with van der Waals surface area (Å²) in [5.74, 6) is 0.419. The number of amides is 2. The lowest BCUT2D eigenvalue weighted by atomic mass is 10.0. The number of nitrogens with zero attached hydrogens (tertiary/aromatic N) is 1. The first-order valence-electron chi connectivity index (χ1n) is 9.10. The lowest BCUT2D eigenvalue weighted by Gasteiger charge is -2.33. The van der Waals surface area contributed by atoms with Gasteiger partial charge in [0.1, 0.15) is 5.75 Å². The number of halogens is 2. The number of likely N-dealkylation sites (tertiary alicyclic amines) is 1. The van der Waals surface area contributed by atoms with Crippen LogP contribution in [0.15, 0.2) is 34.9 Å². The van der Waals surface area contributed by atoms with E-state index in [0.29, 0.717) is 47.5 Å². The largest absolute Gasteiger partial charge is 0.479 e. The molecule has 3 rings (SSSR count). The van der Waals surface area contributed by atoms with E-state index in [1.54, 1.807) is 36.1 Å². The predicted molar refractivity (Wildman–Crippen MR) is 107 cm³/mol. The Morgan fingerprint density at radius 2 is 1.96 bits per heavy atom. The average molecular weight is 425 g/mol. The number of nitrogens with one attached hydrogen (secondary N) is 1. The zero-order valence-corrected chi connectivity index (χ0v) is 17.2. The van der Waals surface area contributed by atoms with Crippen LogP contribution in [-0.4, -0.2) is 41.9 Å². The molecule has 1 aromatic carbocycles. The van der Waals surface area contributed by atoms with Gasteiger partial charge in [0.05, 0.1) is 11.3 Å². The number of carbonyl (C=O) groups excluding carboxylic acids is 2. The quantitative estimate of drug-likeness (QED) is 0.784. The molecule has 0 saturated carbocycles. The average Bonchev–Trinajstić information content (AvgIpc) is 3.10. The summed E-state index contributed by atoms with van der Waals surface area (Å²) in [5, 5.41) is 3.84. The van der Waals surface area contributed by atoms with Gasteiger partial charge in [0, 0.05) is 29.7 Å². The van der Waals surface area contributed by atoms with Gasteiger partial charge in [-0.05, 0) is 51.0 Å². The smallest absolute Gasteiger partial charge is 0.287 e. The Balaban J connectivity index is 1.50. The van der Waals surface area contributed by atoms with Gasteiger partial charge in [0.2, 0.25) is 0 Å². The zero-order valence-electron chi connectivity index (χ0n) is 15.7. The molecular formula is C20H22Cl2N2O4. The second-order valence-corrected chi connectivity index (χ2v) is 7.68. The van der Waals surface area contributed by atoms with Crippen molar-refractivity contribution >= 4 is 35.0 Å². The van der Waals surface area contributed by atoms with E-state index in [4.69, 9.17) is 32.4 Å². The van der Waals surface area contributed by atoms with Crippen LogP contribution >= 0.6 is 23.2 Å². The molecule has 28 heavy (non-hydrogen) atoms. The lowest BCUT2D eigenvalue weighted by Crippen LogP contribution is -2.49. The first kappa shape index (κ1) is 20.6. The molecule has 2 aromatic rings. The number of furan rings is 1. The van der Waals surface area contributed by atoms with E-state index in [0.717, 1.165) is 5.56 Å². The van der Waals surface area contributed by atoms with Crippen molar-refractivity contribution in [3.8, 4) is 5.75 Å². The number of benzene rings is 1. The molecule has 1 saturated heterocycles. The Bertz CT molecular complexity index is 860. The number of carbonyl (C=O) groups is 2. The summed E-state index contributed by atoms with van der Waals surface area (Å²) in [6.07, 6.45) is 2.17. The Morgan fingerprint density at radius 3 is 2.57 bits per heavy atom. The maximum Gasteiger partial charge on any atom is 0.287 e. The Labute approximate surface area is 173 Å². The highest BCUT2D eigenvalue weighted by molar-refractivity contribution is 6.35. The van der Waals surface area contributed by atoms with Crippen molar-refractivity contribution in [3.63, 3.8) is 0 Å². The zero-order chi connectivity index (χ0) is 20.3. The summed E-state index contributed by atoms with van der Waals surface area (Å²) in [4.78, 5) is 26.7. The molecule has 1 fully saturated rings. The van der Waals surface area contributed by atoms with Crippen molar-refractivity contribution < 1.29 is 18.7 Å². The van der Waals surface area contributed by atoms with Crippen LogP contribution in [0.25, 0.3) is 0 Å². The van der Waals surface area contributed by atoms with Crippen molar-refractivity contribution in [3.05, 3.63) is 51.9 Å². The van der Waals surface area contributed by atoms with Crippen LogP contribution < -0.4 is 10.1 Å². The van der Waals surface area contributed by atoms with Gasteiger partial charge >= 0.3 is 0 Å². The maximum absolute atomic E-state index is 12.7. The highest BCUT2D eigenvalue weighted by Crippen LogP contribution is 2.28. The Hall–Kier alpha value is -2.18.